The Hall–Kier alpha value is -3.74. The molecule has 0 radical (unpaired) electrons. The molecule has 0 fully saturated rings. The molecule has 3 N–H and O–H groups in total. The molecule has 0 saturated heterocycles. The van der Waals surface area contributed by atoms with E-state index in [1.165, 1.54) is 6.20 Å². The van der Waals surface area contributed by atoms with Gasteiger partial charge in [0.1, 0.15) is 17.4 Å². The van der Waals surface area contributed by atoms with Gasteiger partial charge in [-0.3, -0.25) is 9.20 Å². The van der Waals surface area contributed by atoms with E-state index in [1.54, 1.807) is 42.6 Å². The van der Waals surface area contributed by atoms with Gasteiger partial charge in [0, 0.05) is 30.5 Å². The third-order valence-corrected chi connectivity index (χ3v) is 5.82. The number of aromatic nitrogens is 4. The van der Waals surface area contributed by atoms with Crippen molar-refractivity contribution in [3.63, 3.8) is 0 Å². The van der Waals surface area contributed by atoms with E-state index in [0.29, 0.717) is 42.2 Å². The van der Waals surface area contributed by atoms with Crippen LogP contribution in [0.5, 0.6) is 0 Å². The fourth-order valence-electron chi connectivity index (χ4n) is 3.60. The van der Waals surface area contributed by atoms with Crippen LogP contribution in [0.25, 0.3) is 17.1 Å². The smallest absolute Gasteiger partial charge is 0.274 e. The maximum absolute atomic E-state index is 13.1. The van der Waals surface area contributed by atoms with Gasteiger partial charge in [0.25, 0.3) is 18.2 Å². The second-order valence-corrected chi connectivity index (χ2v) is 9.63. The fourth-order valence-corrected chi connectivity index (χ4v) is 3.60. The van der Waals surface area contributed by atoms with E-state index in [1.807, 2.05) is 19.1 Å². The fraction of sp³-hybridized carbons (Fsp3) is 0.385. The number of carbonyl (C=O) groups excluding carboxylic acids is 1. The van der Waals surface area contributed by atoms with Gasteiger partial charge in [-0.15, -0.1) is 0 Å². The molecule has 0 spiro atoms. The van der Waals surface area contributed by atoms with Crippen molar-refractivity contribution in [2.45, 2.75) is 58.4 Å². The first kappa shape index (κ1) is 27.3. The lowest BCUT2D eigenvalue weighted by Crippen LogP contribution is -2.20. The molecular weight excluding hydrogens is 500 g/mol. The number of hydrogen-bond acceptors (Lipinski definition) is 8. The lowest BCUT2D eigenvalue weighted by atomic mass is 10.1. The average molecular weight is 530 g/mol. The predicted octanol–water partition coefficient (Wildman–Crippen LogP) is 3.79. The van der Waals surface area contributed by atoms with Crippen LogP contribution in [0.3, 0.4) is 0 Å². The number of alkyl halides is 2. The summed E-state index contributed by atoms with van der Waals surface area (Å²) in [4.78, 5) is 21.5. The Morgan fingerprint density at radius 3 is 2.79 bits per heavy atom. The minimum atomic E-state index is -2.91. The Morgan fingerprint density at radius 1 is 1.26 bits per heavy atom. The zero-order valence-corrected chi connectivity index (χ0v) is 21.2. The molecule has 202 valence electrons. The number of fused-ring (bicyclic) bond motifs is 1. The third-order valence-electron chi connectivity index (χ3n) is 5.82. The van der Waals surface area contributed by atoms with E-state index in [2.05, 4.69) is 20.4 Å². The van der Waals surface area contributed by atoms with Crippen LogP contribution in [0.15, 0.2) is 47.2 Å². The van der Waals surface area contributed by atoms with Crippen LogP contribution in [0.2, 0.25) is 0 Å². The van der Waals surface area contributed by atoms with Gasteiger partial charge in [0.2, 0.25) is 0 Å². The summed E-state index contributed by atoms with van der Waals surface area (Å²) in [5.74, 6) is -0.367. The first-order valence-electron chi connectivity index (χ1n) is 12.0. The van der Waals surface area contributed by atoms with Crippen LogP contribution in [0.4, 0.5) is 14.5 Å². The number of nitrogens with zero attached hydrogens (tertiary/aromatic N) is 4. The molecule has 3 aromatic heterocycles. The highest BCUT2D eigenvalue weighted by atomic mass is 19.3. The molecule has 10 nitrogen and oxygen atoms in total. The van der Waals surface area contributed by atoms with Gasteiger partial charge in [-0.25, -0.2) is 13.8 Å². The molecule has 0 aliphatic heterocycles. The van der Waals surface area contributed by atoms with Crippen LogP contribution in [0, 0.1) is 6.92 Å². The van der Waals surface area contributed by atoms with Crippen molar-refractivity contribution in [1.29, 1.82) is 0 Å². The number of pyridine rings is 1. The number of hydrogen-bond donors (Lipinski definition) is 3. The van der Waals surface area contributed by atoms with Gasteiger partial charge in [-0.2, -0.15) is 4.98 Å². The van der Waals surface area contributed by atoms with Crippen molar-refractivity contribution in [2.75, 3.05) is 11.9 Å². The zero-order chi connectivity index (χ0) is 27.4. The highest BCUT2D eigenvalue weighted by Gasteiger charge is 2.21. The molecule has 38 heavy (non-hydrogen) atoms. The molecule has 1 unspecified atom stereocenters. The minimum absolute atomic E-state index is 0.0494. The maximum Gasteiger partial charge on any atom is 0.274 e. The summed E-state index contributed by atoms with van der Waals surface area (Å²) >= 11 is 0. The number of nitrogens with one attached hydrogen (secondary N) is 1. The molecular formula is C26H29F2N5O5. The van der Waals surface area contributed by atoms with Crippen molar-refractivity contribution in [1.82, 2.24) is 19.5 Å². The lowest BCUT2D eigenvalue weighted by Gasteiger charge is -2.16. The van der Waals surface area contributed by atoms with Crippen LogP contribution in [-0.2, 0) is 17.8 Å². The number of aliphatic hydroxyl groups is 2. The Balaban J connectivity index is 1.45. The quantitative estimate of drug-likeness (QED) is 0.250. The molecule has 0 saturated carbocycles. The molecule has 12 heteroatoms. The molecule has 4 aromatic rings. The monoisotopic (exact) mass is 529 g/mol. The van der Waals surface area contributed by atoms with Crippen molar-refractivity contribution < 1.29 is 33.0 Å². The molecule has 4 rings (SSSR count). The number of carbonyl (C=O) groups is 1. The number of aryl methyl sites for hydroxylation is 1. The third kappa shape index (κ3) is 6.77. The summed E-state index contributed by atoms with van der Waals surface area (Å²) in [5.41, 5.74) is 2.73. The normalized spacial score (nSPS) is 12.8. The standard InChI is InChI=1S/C26H29F2N5O5/c1-15-4-5-17(25-31-21(32-38-25)12-20(34)23(27)28)11-18(15)30-24(35)19-13-29-22-10-16(6-8-33(19)22)14-37-9-7-26(2,3)36/h4-6,8,10-11,13,20,23,34,36H,7,9,12,14H2,1-3H3,(H,30,35). The van der Waals surface area contributed by atoms with E-state index >= 15 is 0 Å². The van der Waals surface area contributed by atoms with Crippen molar-refractivity contribution in [3.05, 3.63) is 65.4 Å². The number of imidazole rings is 1. The minimum Gasteiger partial charge on any atom is -0.390 e. The Kier molecular flexibility index (Phi) is 8.14. The maximum atomic E-state index is 13.1. The summed E-state index contributed by atoms with van der Waals surface area (Å²) in [7, 11) is 0. The molecule has 1 aromatic carbocycles. The lowest BCUT2D eigenvalue weighted by molar-refractivity contribution is -0.00495. The van der Waals surface area contributed by atoms with Gasteiger partial charge < -0.3 is 24.8 Å². The summed E-state index contributed by atoms with van der Waals surface area (Å²) in [6, 6.07) is 8.75. The van der Waals surface area contributed by atoms with Crippen molar-refractivity contribution >= 4 is 17.2 Å². The second-order valence-electron chi connectivity index (χ2n) is 9.63. The molecule has 1 atom stereocenters. The second kappa shape index (κ2) is 11.3. The van der Waals surface area contributed by atoms with Gasteiger partial charge in [0.15, 0.2) is 5.82 Å². The Bertz CT molecular complexity index is 1410. The molecule has 3 heterocycles. The van der Waals surface area contributed by atoms with E-state index in [4.69, 9.17) is 9.26 Å². The molecule has 0 aliphatic carbocycles. The molecule has 0 aliphatic rings. The van der Waals surface area contributed by atoms with Crippen LogP contribution < -0.4 is 5.32 Å². The first-order valence-corrected chi connectivity index (χ1v) is 12.0. The number of rotatable bonds is 11. The first-order chi connectivity index (χ1) is 18.0. The Morgan fingerprint density at radius 2 is 2.05 bits per heavy atom. The average Bonchev–Trinajstić information content (AvgIpc) is 3.49. The van der Waals surface area contributed by atoms with Gasteiger partial charge in [0.05, 0.1) is 18.4 Å². The number of amides is 1. The van der Waals surface area contributed by atoms with Gasteiger partial charge in [-0.05, 0) is 62.6 Å². The summed E-state index contributed by atoms with van der Waals surface area (Å²) in [6.07, 6.45) is -1.52. The van der Waals surface area contributed by atoms with Crippen molar-refractivity contribution in [3.8, 4) is 11.5 Å². The topological polar surface area (TPSA) is 135 Å². The molecule has 0 bridgehead atoms. The number of benzene rings is 1. The van der Waals surface area contributed by atoms with E-state index in [-0.39, 0.29) is 11.7 Å². The van der Waals surface area contributed by atoms with E-state index < -0.39 is 30.5 Å². The summed E-state index contributed by atoms with van der Waals surface area (Å²) in [6.45, 7) is 6.04. The number of aliphatic hydroxyl groups excluding tert-OH is 1. The Labute approximate surface area is 217 Å². The predicted molar refractivity (Wildman–Crippen MR) is 134 cm³/mol. The van der Waals surface area contributed by atoms with Crippen LogP contribution >= 0.6 is 0 Å². The van der Waals surface area contributed by atoms with E-state index in [0.717, 1.165) is 11.1 Å². The van der Waals surface area contributed by atoms with Crippen LogP contribution in [0.1, 0.15) is 47.7 Å². The van der Waals surface area contributed by atoms with Gasteiger partial charge >= 0.3 is 0 Å². The van der Waals surface area contributed by atoms with Gasteiger partial charge in [-0.1, -0.05) is 11.2 Å². The number of halogens is 2. The largest absolute Gasteiger partial charge is 0.390 e. The number of ether oxygens (including phenoxy) is 1. The summed E-state index contributed by atoms with van der Waals surface area (Å²) < 4.78 is 37.6. The SMILES string of the molecule is Cc1ccc(-c2nc(CC(O)C(F)F)no2)cc1NC(=O)c1cnc2cc(COCCC(C)(C)O)ccn12. The van der Waals surface area contributed by atoms with Crippen molar-refractivity contribution in [2.24, 2.45) is 0 Å². The highest BCUT2D eigenvalue weighted by Crippen LogP contribution is 2.25. The van der Waals surface area contributed by atoms with E-state index in [9.17, 15) is 23.8 Å². The summed E-state index contributed by atoms with van der Waals surface area (Å²) in [5, 5.41) is 25.6. The molecule has 1 amide bonds. The zero-order valence-electron chi connectivity index (χ0n) is 21.2. The highest BCUT2D eigenvalue weighted by molar-refractivity contribution is 6.04. The van der Waals surface area contributed by atoms with Crippen LogP contribution in [-0.4, -0.2) is 60.4 Å². The number of anilines is 1.